The molecule has 2 unspecified atom stereocenters. The second-order valence-corrected chi connectivity index (χ2v) is 9.98. The van der Waals surface area contributed by atoms with Crippen molar-refractivity contribution in [3.8, 4) is 0 Å². The molecule has 0 spiro atoms. The first kappa shape index (κ1) is 27.0. The van der Waals surface area contributed by atoms with Gasteiger partial charge in [-0.15, -0.1) is 24.8 Å². The highest BCUT2D eigenvalue weighted by Crippen LogP contribution is 2.50. The van der Waals surface area contributed by atoms with E-state index in [4.69, 9.17) is 10.5 Å². The van der Waals surface area contributed by atoms with Crippen LogP contribution in [0.2, 0.25) is 0 Å². The van der Waals surface area contributed by atoms with Crippen LogP contribution in [0.5, 0.6) is 0 Å². The first-order chi connectivity index (χ1) is 12.7. The van der Waals surface area contributed by atoms with Crippen LogP contribution in [-0.4, -0.2) is 66.2 Å². The number of piperazine rings is 1. The maximum atomic E-state index is 13.2. The van der Waals surface area contributed by atoms with Crippen molar-refractivity contribution in [1.82, 2.24) is 9.80 Å². The second-order valence-electron chi connectivity index (χ2n) is 9.98. The van der Waals surface area contributed by atoms with E-state index < -0.39 is 5.54 Å². The standard InChI is InChI=1S/C22H41N3O2.2ClH/c1-6-27-19-15-22(23,21(19,4)5)20(26)25-13-11-24(12-14-25)18-9-7-17(8-10-18)16(2)3;;/h16-19H,6-15,23H2,1-5H3;2*1H. The fourth-order valence-corrected chi connectivity index (χ4v) is 5.50. The molecule has 3 aliphatic rings. The Kier molecular flexibility index (Phi) is 9.76. The molecule has 1 heterocycles. The van der Waals surface area contributed by atoms with E-state index in [0.717, 1.165) is 38.0 Å². The number of carbonyl (C=O) groups is 1. The van der Waals surface area contributed by atoms with E-state index in [9.17, 15) is 4.79 Å². The molecule has 3 fully saturated rings. The van der Waals surface area contributed by atoms with E-state index in [-0.39, 0.29) is 42.2 Å². The quantitative estimate of drug-likeness (QED) is 0.691. The average molecular weight is 453 g/mol. The Morgan fingerprint density at radius 2 is 1.62 bits per heavy atom. The predicted octanol–water partition coefficient (Wildman–Crippen LogP) is 3.72. The second kappa shape index (κ2) is 10.5. The Morgan fingerprint density at radius 3 is 2.07 bits per heavy atom. The molecule has 2 atom stereocenters. The first-order valence-corrected chi connectivity index (χ1v) is 11.1. The van der Waals surface area contributed by atoms with E-state index in [2.05, 4.69) is 32.6 Å². The van der Waals surface area contributed by atoms with Crippen molar-refractivity contribution in [2.24, 2.45) is 23.0 Å². The summed E-state index contributed by atoms with van der Waals surface area (Å²) in [6.45, 7) is 15.2. The van der Waals surface area contributed by atoms with Gasteiger partial charge in [0.1, 0.15) is 5.54 Å². The van der Waals surface area contributed by atoms with Gasteiger partial charge in [-0.1, -0.05) is 27.7 Å². The van der Waals surface area contributed by atoms with Gasteiger partial charge >= 0.3 is 0 Å². The molecular formula is C22H43Cl2N3O2. The van der Waals surface area contributed by atoms with Crippen molar-refractivity contribution in [3.05, 3.63) is 0 Å². The van der Waals surface area contributed by atoms with Gasteiger partial charge in [-0.05, 0) is 44.4 Å². The molecule has 29 heavy (non-hydrogen) atoms. The van der Waals surface area contributed by atoms with Gasteiger partial charge in [0.2, 0.25) is 5.91 Å². The highest BCUT2D eigenvalue weighted by molar-refractivity contribution is 5.89. The number of carbonyl (C=O) groups excluding carboxylic acids is 1. The lowest BCUT2D eigenvalue weighted by Crippen LogP contribution is -2.76. The average Bonchev–Trinajstić information content (AvgIpc) is 2.67. The number of nitrogens with two attached hydrogens (primary N) is 1. The summed E-state index contributed by atoms with van der Waals surface area (Å²) in [6, 6.07) is 0.714. The minimum Gasteiger partial charge on any atom is -0.378 e. The maximum absolute atomic E-state index is 13.2. The van der Waals surface area contributed by atoms with Gasteiger partial charge < -0.3 is 15.4 Å². The van der Waals surface area contributed by atoms with Crippen LogP contribution in [-0.2, 0) is 9.53 Å². The zero-order valence-electron chi connectivity index (χ0n) is 19.0. The third kappa shape index (κ3) is 5.06. The molecule has 2 saturated carbocycles. The molecule has 2 aliphatic carbocycles. The first-order valence-electron chi connectivity index (χ1n) is 11.1. The van der Waals surface area contributed by atoms with Crippen molar-refractivity contribution in [1.29, 1.82) is 0 Å². The number of nitrogens with zero attached hydrogens (tertiary/aromatic N) is 2. The van der Waals surface area contributed by atoms with Crippen LogP contribution in [0.25, 0.3) is 0 Å². The Balaban J connectivity index is 0.00000210. The summed E-state index contributed by atoms with van der Waals surface area (Å²) >= 11 is 0. The molecule has 3 rings (SSSR count). The molecule has 0 bridgehead atoms. The molecule has 0 aromatic carbocycles. The van der Waals surface area contributed by atoms with Crippen LogP contribution in [0, 0.1) is 17.3 Å². The van der Waals surface area contributed by atoms with E-state index in [1.807, 2.05) is 11.8 Å². The summed E-state index contributed by atoms with van der Waals surface area (Å²) in [4.78, 5) is 17.8. The fraction of sp³-hybridized carbons (Fsp3) is 0.955. The number of ether oxygens (including phenoxy) is 1. The molecule has 1 amide bonds. The third-order valence-electron chi connectivity index (χ3n) is 8.01. The van der Waals surface area contributed by atoms with Gasteiger partial charge in [-0.2, -0.15) is 0 Å². The third-order valence-corrected chi connectivity index (χ3v) is 8.01. The van der Waals surface area contributed by atoms with Crippen molar-refractivity contribution >= 4 is 30.7 Å². The van der Waals surface area contributed by atoms with E-state index in [1.165, 1.54) is 25.7 Å². The summed E-state index contributed by atoms with van der Waals surface area (Å²) in [5.74, 6) is 1.85. The molecule has 7 heteroatoms. The van der Waals surface area contributed by atoms with Crippen LogP contribution in [0.4, 0.5) is 0 Å². The molecule has 1 aliphatic heterocycles. The maximum Gasteiger partial charge on any atom is 0.243 e. The van der Waals surface area contributed by atoms with Crippen LogP contribution >= 0.6 is 24.8 Å². The summed E-state index contributed by atoms with van der Waals surface area (Å²) < 4.78 is 5.79. The van der Waals surface area contributed by atoms with Crippen LogP contribution in [0.3, 0.4) is 0 Å². The molecule has 1 saturated heterocycles. The van der Waals surface area contributed by atoms with Crippen molar-refractivity contribution < 1.29 is 9.53 Å². The number of hydrogen-bond donors (Lipinski definition) is 1. The molecule has 2 N–H and O–H groups in total. The van der Waals surface area contributed by atoms with Crippen LogP contribution in [0.15, 0.2) is 0 Å². The molecule has 0 aromatic rings. The van der Waals surface area contributed by atoms with E-state index >= 15 is 0 Å². The Morgan fingerprint density at radius 1 is 1.07 bits per heavy atom. The predicted molar refractivity (Wildman–Crippen MR) is 124 cm³/mol. The van der Waals surface area contributed by atoms with Gasteiger partial charge in [-0.3, -0.25) is 9.69 Å². The zero-order valence-corrected chi connectivity index (χ0v) is 20.6. The van der Waals surface area contributed by atoms with Crippen LogP contribution in [0.1, 0.15) is 66.7 Å². The van der Waals surface area contributed by atoms with Crippen molar-refractivity contribution in [2.45, 2.75) is 84.4 Å². The molecular weight excluding hydrogens is 409 g/mol. The minimum atomic E-state index is -0.773. The number of rotatable bonds is 5. The van der Waals surface area contributed by atoms with Gasteiger partial charge in [0.15, 0.2) is 0 Å². The minimum absolute atomic E-state index is 0. The molecule has 172 valence electrons. The summed E-state index contributed by atoms with van der Waals surface area (Å²) in [7, 11) is 0. The summed E-state index contributed by atoms with van der Waals surface area (Å²) in [6.07, 6.45) is 6.10. The highest BCUT2D eigenvalue weighted by atomic mass is 35.5. The van der Waals surface area contributed by atoms with Gasteiger partial charge in [0.05, 0.1) is 6.10 Å². The lowest BCUT2D eigenvalue weighted by atomic mass is 9.54. The normalized spacial score (nSPS) is 34.7. The van der Waals surface area contributed by atoms with Crippen molar-refractivity contribution in [3.63, 3.8) is 0 Å². The Labute approximate surface area is 190 Å². The van der Waals surface area contributed by atoms with Gasteiger partial charge in [0.25, 0.3) is 0 Å². The Hall–Kier alpha value is -0.0700. The number of halogens is 2. The van der Waals surface area contributed by atoms with Crippen molar-refractivity contribution in [2.75, 3.05) is 32.8 Å². The molecule has 0 aromatic heterocycles. The summed E-state index contributed by atoms with van der Waals surface area (Å²) in [5.41, 5.74) is 5.54. The smallest absolute Gasteiger partial charge is 0.243 e. The zero-order chi connectivity index (χ0) is 19.8. The molecule has 5 nitrogen and oxygen atoms in total. The highest BCUT2D eigenvalue weighted by Gasteiger charge is 2.63. The largest absolute Gasteiger partial charge is 0.378 e. The van der Waals surface area contributed by atoms with Gasteiger partial charge in [0, 0.05) is 50.7 Å². The monoisotopic (exact) mass is 451 g/mol. The Bertz CT molecular complexity index is 530. The fourth-order valence-electron chi connectivity index (χ4n) is 5.50. The topological polar surface area (TPSA) is 58.8 Å². The SMILES string of the molecule is CCOC1CC(N)(C(=O)N2CCN(C3CCC(C(C)C)CC3)CC2)C1(C)C.Cl.Cl. The van der Waals surface area contributed by atoms with E-state index in [1.54, 1.807) is 0 Å². The number of hydrogen-bond acceptors (Lipinski definition) is 4. The lowest BCUT2D eigenvalue weighted by Gasteiger charge is -2.59. The lowest BCUT2D eigenvalue weighted by molar-refractivity contribution is -0.180. The molecule has 0 radical (unpaired) electrons. The number of amides is 1. The van der Waals surface area contributed by atoms with E-state index in [0.29, 0.717) is 19.1 Å². The van der Waals surface area contributed by atoms with Gasteiger partial charge in [-0.25, -0.2) is 0 Å². The van der Waals surface area contributed by atoms with Crippen LogP contribution < -0.4 is 5.73 Å². The summed E-state index contributed by atoms with van der Waals surface area (Å²) in [5, 5.41) is 0.